The van der Waals surface area contributed by atoms with E-state index in [2.05, 4.69) is 43.4 Å². The molecule has 2 aromatic rings. The fraction of sp³-hybridized carbons (Fsp3) is 0.375. The Morgan fingerprint density at radius 1 is 1.13 bits per heavy atom. The summed E-state index contributed by atoms with van der Waals surface area (Å²) in [5, 5.41) is 2.75. The number of hydrogen-bond acceptors (Lipinski definition) is 5. The van der Waals surface area contributed by atoms with Gasteiger partial charge in [0, 0.05) is 13.5 Å². The van der Waals surface area contributed by atoms with Crippen molar-refractivity contribution in [3.8, 4) is 5.75 Å². The highest BCUT2D eigenvalue weighted by atomic mass is 16.6. The first-order valence-electron chi connectivity index (χ1n) is 10.4. The van der Waals surface area contributed by atoms with Crippen LogP contribution in [0.3, 0.4) is 0 Å². The molecule has 1 aliphatic rings. The van der Waals surface area contributed by atoms with Gasteiger partial charge in [0.1, 0.15) is 5.75 Å². The van der Waals surface area contributed by atoms with Gasteiger partial charge >= 0.3 is 5.97 Å². The highest BCUT2D eigenvalue weighted by molar-refractivity contribution is 5.95. The number of ether oxygens (including phenoxy) is 2. The molecule has 0 aliphatic carbocycles. The Labute approximate surface area is 182 Å². The van der Waals surface area contributed by atoms with Gasteiger partial charge in [0.05, 0.1) is 12.2 Å². The van der Waals surface area contributed by atoms with Crippen LogP contribution in [0.15, 0.2) is 48.5 Å². The van der Waals surface area contributed by atoms with Gasteiger partial charge in [0.2, 0.25) is 12.0 Å². The molecule has 0 radical (unpaired) electrons. The monoisotopic (exact) mass is 424 g/mol. The van der Waals surface area contributed by atoms with Crippen molar-refractivity contribution in [2.45, 2.75) is 39.2 Å². The van der Waals surface area contributed by atoms with E-state index >= 15 is 0 Å². The summed E-state index contributed by atoms with van der Waals surface area (Å²) in [5.41, 5.74) is 3.01. The first kappa shape index (κ1) is 22.3. The number of carbonyl (C=O) groups excluding carboxylic acids is 3. The Bertz CT molecular complexity index is 939. The molecule has 164 valence electrons. The summed E-state index contributed by atoms with van der Waals surface area (Å²) in [7, 11) is 0. The van der Waals surface area contributed by atoms with Gasteiger partial charge in [-0.25, -0.2) is 4.79 Å². The highest BCUT2D eigenvalue weighted by Crippen LogP contribution is 2.33. The summed E-state index contributed by atoms with van der Waals surface area (Å²) in [4.78, 5) is 37.8. The van der Waals surface area contributed by atoms with E-state index in [0.717, 1.165) is 5.56 Å². The molecule has 1 aliphatic heterocycles. The molecule has 0 bridgehead atoms. The normalized spacial score (nSPS) is 15.1. The predicted octanol–water partition coefficient (Wildman–Crippen LogP) is 2.83. The lowest BCUT2D eigenvalue weighted by Gasteiger charge is -2.33. The third-order valence-electron chi connectivity index (χ3n) is 5.14. The quantitative estimate of drug-likeness (QED) is 0.691. The van der Waals surface area contributed by atoms with Crippen LogP contribution >= 0.6 is 0 Å². The van der Waals surface area contributed by atoms with Gasteiger partial charge < -0.3 is 19.7 Å². The molecule has 0 aromatic heterocycles. The Hall–Kier alpha value is -3.35. The van der Waals surface area contributed by atoms with Crippen molar-refractivity contribution in [1.29, 1.82) is 0 Å². The molecule has 7 heteroatoms. The molecule has 1 heterocycles. The molecule has 1 N–H and O–H groups in total. The fourth-order valence-electron chi connectivity index (χ4n) is 3.35. The minimum Gasteiger partial charge on any atom is -0.475 e. The smallest absolute Gasteiger partial charge is 0.349 e. The number of hydrogen-bond donors (Lipinski definition) is 1. The summed E-state index contributed by atoms with van der Waals surface area (Å²) in [6, 6.07) is 15.3. The molecule has 0 spiro atoms. The molecule has 2 aromatic carbocycles. The van der Waals surface area contributed by atoms with Gasteiger partial charge in [0.15, 0.2) is 6.61 Å². The minimum atomic E-state index is -0.980. The van der Waals surface area contributed by atoms with Crippen molar-refractivity contribution in [2.24, 2.45) is 0 Å². The molecule has 0 unspecified atom stereocenters. The number of benzene rings is 2. The molecular formula is C24H28N2O5. The first-order valence-corrected chi connectivity index (χ1v) is 10.4. The maximum absolute atomic E-state index is 12.4. The molecule has 1 atom stereocenters. The van der Waals surface area contributed by atoms with Gasteiger partial charge in [-0.3, -0.25) is 9.59 Å². The second kappa shape index (κ2) is 10.1. The van der Waals surface area contributed by atoms with E-state index in [-0.39, 0.29) is 18.4 Å². The maximum atomic E-state index is 12.4. The van der Waals surface area contributed by atoms with E-state index in [4.69, 9.17) is 9.47 Å². The van der Waals surface area contributed by atoms with Crippen LogP contribution in [0.4, 0.5) is 5.69 Å². The topological polar surface area (TPSA) is 84.9 Å². The largest absolute Gasteiger partial charge is 0.475 e. The van der Waals surface area contributed by atoms with Gasteiger partial charge in [-0.2, -0.15) is 0 Å². The van der Waals surface area contributed by atoms with Crippen molar-refractivity contribution >= 4 is 23.5 Å². The number of carbonyl (C=O) groups is 3. The summed E-state index contributed by atoms with van der Waals surface area (Å²) in [5.74, 6) is -0.355. The number of amides is 2. The van der Waals surface area contributed by atoms with Crippen molar-refractivity contribution in [1.82, 2.24) is 5.32 Å². The van der Waals surface area contributed by atoms with Gasteiger partial charge in [-0.05, 0) is 35.6 Å². The SMILES string of the molecule is CC(=O)N1C[C@@H](C(=O)OCC(=O)NCCc2ccc(C(C)C)cc2)Oc2ccccc21. The van der Waals surface area contributed by atoms with Crippen LogP contribution in [0.2, 0.25) is 0 Å². The van der Waals surface area contributed by atoms with E-state index in [1.54, 1.807) is 24.3 Å². The first-order chi connectivity index (χ1) is 14.8. The number of para-hydroxylation sites is 2. The molecular weight excluding hydrogens is 396 g/mol. The van der Waals surface area contributed by atoms with Crippen LogP contribution in [0.25, 0.3) is 0 Å². The van der Waals surface area contributed by atoms with Crippen LogP contribution in [0.1, 0.15) is 37.8 Å². The number of nitrogens with zero attached hydrogens (tertiary/aromatic N) is 1. The molecule has 0 fully saturated rings. The Balaban J connectivity index is 1.45. The van der Waals surface area contributed by atoms with Crippen LogP contribution in [-0.2, 0) is 25.5 Å². The lowest BCUT2D eigenvalue weighted by molar-refractivity contribution is -0.155. The van der Waals surface area contributed by atoms with Crippen molar-refractivity contribution < 1.29 is 23.9 Å². The lowest BCUT2D eigenvalue weighted by Crippen LogP contribution is -2.47. The van der Waals surface area contributed by atoms with E-state index in [1.807, 2.05) is 0 Å². The van der Waals surface area contributed by atoms with Crippen molar-refractivity contribution in [3.05, 3.63) is 59.7 Å². The molecule has 3 rings (SSSR count). The Morgan fingerprint density at radius 2 is 1.84 bits per heavy atom. The average Bonchev–Trinajstić information content (AvgIpc) is 2.76. The maximum Gasteiger partial charge on any atom is 0.349 e. The van der Waals surface area contributed by atoms with E-state index < -0.39 is 18.7 Å². The zero-order valence-corrected chi connectivity index (χ0v) is 18.1. The van der Waals surface area contributed by atoms with Gasteiger partial charge in [0.25, 0.3) is 5.91 Å². The molecule has 7 nitrogen and oxygen atoms in total. The summed E-state index contributed by atoms with van der Waals surface area (Å²) >= 11 is 0. The predicted molar refractivity (Wildman–Crippen MR) is 117 cm³/mol. The Morgan fingerprint density at radius 3 is 2.52 bits per heavy atom. The number of fused-ring (bicyclic) bond motifs is 1. The zero-order chi connectivity index (χ0) is 22.4. The van der Waals surface area contributed by atoms with E-state index in [0.29, 0.717) is 30.3 Å². The Kier molecular flexibility index (Phi) is 7.28. The minimum absolute atomic E-state index is 0.0408. The van der Waals surface area contributed by atoms with Crippen LogP contribution in [0, 0.1) is 0 Å². The summed E-state index contributed by atoms with van der Waals surface area (Å²) < 4.78 is 10.8. The lowest BCUT2D eigenvalue weighted by atomic mass is 10.0. The van der Waals surface area contributed by atoms with E-state index in [9.17, 15) is 14.4 Å². The van der Waals surface area contributed by atoms with Crippen LogP contribution in [0.5, 0.6) is 5.75 Å². The van der Waals surface area contributed by atoms with Crippen molar-refractivity contribution in [2.75, 3.05) is 24.6 Å². The molecule has 31 heavy (non-hydrogen) atoms. The third-order valence-corrected chi connectivity index (χ3v) is 5.14. The highest BCUT2D eigenvalue weighted by Gasteiger charge is 2.33. The molecule has 0 saturated carbocycles. The third kappa shape index (κ3) is 5.84. The summed E-state index contributed by atoms with van der Waals surface area (Å²) in [6.45, 7) is 5.81. The number of anilines is 1. The number of nitrogens with one attached hydrogen (secondary N) is 1. The standard InChI is InChI=1S/C24H28N2O5/c1-16(2)19-10-8-18(9-11-19)12-13-25-23(28)15-30-24(29)22-14-26(17(3)27)20-6-4-5-7-21(20)31-22/h4-11,16,22H,12-15H2,1-3H3,(H,25,28)/t22-/m0/s1. The second-order valence-corrected chi connectivity index (χ2v) is 7.81. The number of rotatable bonds is 7. The van der Waals surface area contributed by atoms with Gasteiger partial charge in [-0.1, -0.05) is 50.2 Å². The fourth-order valence-corrected chi connectivity index (χ4v) is 3.35. The zero-order valence-electron chi connectivity index (χ0n) is 18.1. The number of esters is 1. The van der Waals surface area contributed by atoms with E-state index in [1.165, 1.54) is 17.4 Å². The van der Waals surface area contributed by atoms with Crippen molar-refractivity contribution in [3.63, 3.8) is 0 Å². The average molecular weight is 424 g/mol. The summed E-state index contributed by atoms with van der Waals surface area (Å²) in [6.07, 6.45) is -0.292. The van der Waals surface area contributed by atoms with Crippen LogP contribution in [-0.4, -0.2) is 43.6 Å². The molecule has 2 amide bonds. The van der Waals surface area contributed by atoms with Gasteiger partial charge in [-0.15, -0.1) is 0 Å². The second-order valence-electron chi connectivity index (χ2n) is 7.81. The van der Waals surface area contributed by atoms with Crippen LogP contribution < -0.4 is 15.0 Å². The molecule has 0 saturated heterocycles.